The Balaban J connectivity index is 1.87. The number of carbonyl (C=O) groups excluding carboxylic acids is 2. The molecule has 0 aliphatic carbocycles. The van der Waals surface area contributed by atoms with Gasteiger partial charge in [0.25, 0.3) is 0 Å². The van der Waals surface area contributed by atoms with E-state index in [-0.39, 0.29) is 34.9 Å². The second-order valence-corrected chi connectivity index (χ2v) is 9.50. The van der Waals surface area contributed by atoms with E-state index >= 15 is 0 Å². The van der Waals surface area contributed by atoms with E-state index in [2.05, 4.69) is 21.9 Å². The molecule has 0 atom stereocenters. The van der Waals surface area contributed by atoms with Gasteiger partial charge in [-0.15, -0.1) is 0 Å². The topological polar surface area (TPSA) is 117 Å². The van der Waals surface area contributed by atoms with Gasteiger partial charge in [-0.1, -0.05) is 35.8 Å². The molecule has 10 nitrogen and oxygen atoms in total. The molecule has 3 rings (SSSR count). The van der Waals surface area contributed by atoms with Crippen LogP contribution in [-0.2, 0) is 22.4 Å². The van der Waals surface area contributed by atoms with Crippen LogP contribution in [-0.4, -0.2) is 68.4 Å². The Bertz CT molecular complexity index is 1370. The SMILES string of the molecule is C=CC(=O)Nc1cc(N(C)CCO)ccc1Cc1cc(N(C)C(=O)Cc2c(Cl)c(OC)cc(OC)c2Cl)ncn1. The number of carbonyl (C=O) groups is 2. The fraction of sp³-hybridized carbons (Fsp3) is 0.286. The summed E-state index contributed by atoms with van der Waals surface area (Å²) in [7, 11) is 6.36. The fourth-order valence-electron chi connectivity index (χ4n) is 3.89. The maximum Gasteiger partial charge on any atom is 0.247 e. The number of likely N-dealkylation sites (N-methyl/N-ethyl adjacent to an activating group) is 2. The molecule has 0 aliphatic heterocycles. The van der Waals surface area contributed by atoms with Gasteiger partial charge >= 0.3 is 0 Å². The molecule has 12 heteroatoms. The summed E-state index contributed by atoms with van der Waals surface area (Å²) in [6.07, 6.45) is 2.78. The molecule has 0 saturated heterocycles. The third-order valence-electron chi connectivity index (χ3n) is 6.20. The molecule has 1 heterocycles. The van der Waals surface area contributed by atoms with Gasteiger partial charge in [0.2, 0.25) is 11.8 Å². The van der Waals surface area contributed by atoms with Crippen LogP contribution >= 0.6 is 23.2 Å². The maximum absolute atomic E-state index is 13.2. The molecule has 0 aliphatic rings. The lowest BCUT2D eigenvalue weighted by atomic mass is 10.1. The van der Waals surface area contributed by atoms with Crippen LogP contribution in [0.3, 0.4) is 0 Å². The molecule has 1 aromatic heterocycles. The molecule has 212 valence electrons. The quantitative estimate of drug-likeness (QED) is 0.303. The van der Waals surface area contributed by atoms with Crippen molar-refractivity contribution in [1.82, 2.24) is 9.97 Å². The van der Waals surface area contributed by atoms with Gasteiger partial charge in [0.15, 0.2) is 0 Å². The number of hydrogen-bond acceptors (Lipinski definition) is 8. The number of methoxy groups -OCH3 is 2. The second kappa shape index (κ2) is 14.0. The Kier molecular flexibility index (Phi) is 10.7. The first-order valence-corrected chi connectivity index (χ1v) is 12.9. The van der Waals surface area contributed by atoms with Gasteiger partial charge in [-0.05, 0) is 23.8 Å². The van der Waals surface area contributed by atoms with Crippen molar-refractivity contribution in [3.8, 4) is 11.5 Å². The molecule has 0 radical (unpaired) electrons. The number of anilines is 3. The summed E-state index contributed by atoms with van der Waals surface area (Å²) in [6, 6.07) is 8.83. The minimum atomic E-state index is -0.358. The Morgan fingerprint density at radius 1 is 1.07 bits per heavy atom. The monoisotopic (exact) mass is 587 g/mol. The van der Waals surface area contributed by atoms with Crippen LogP contribution < -0.4 is 24.6 Å². The molecule has 0 saturated carbocycles. The number of benzene rings is 2. The van der Waals surface area contributed by atoms with E-state index in [1.54, 1.807) is 19.2 Å². The highest BCUT2D eigenvalue weighted by Gasteiger charge is 2.22. The standard InChI is InChI=1S/C28H31Cl2N5O5/c1-6-25(37)33-21-13-19(34(2)9-10-36)8-7-17(21)11-18-12-24(32-16-31-18)35(3)26(38)14-20-27(29)22(39-4)15-23(40-5)28(20)30/h6-8,12-13,15-16,36H,1,9-11,14H2,2-5H3,(H,33,37). The number of rotatable bonds is 12. The van der Waals surface area contributed by atoms with Gasteiger partial charge in [-0.3, -0.25) is 14.5 Å². The molecule has 40 heavy (non-hydrogen) atoms. The highest BCUT2D eigenvalue weighted by atomic mass is 35.5. The Morgan fingerprint density at radius 3 is 2.35 bits per heavy atom. The van der Waals surface area contributed by atoms with Gasteiger partial charge in [0.1, 0.15) is 23.6 Å². The zero-order chi connectivity index (χ0) is 29.4. The zero-order valence-electron chi connectivity index (χ0n) is 22.7. The number of nitrogens with one attached hydrogen (secondary N) is 1. The Hall–Kier alpha value is -3.86. The number of aromatic nitrogens is 2. The highest BCUT2D eigenvalue weighted by Crippen LogP contribution is 2.40. The van der Waals surface area contributed by atoms with Crippen molar-refractivity contribution in [3.05, 3.63) is 76.2 Å². The van der Waals surface area contributed by atoms with E-state index in [1.165, 1.54) is 31.5 Å². The number of amides is 2. The van der Waals surface area contributed by atoms with E-state index in [9.17, 15) is 14.7 Å². The number of aliphatic hydroxyl groups excluding tert-OH is 1. The average molecular weight is 588 g/mol. The minimum Gasteiger partial charge on any atom is -0.495 e. The zero-order valence-corrected chi connectivity index (χ0v) is 24.2. The minimum absolute atomic E-state index is 0.00762. The van der Waals surface area contributed by atoms with Crippen molar-refractivity contribution >= 4 is 52.2 Å². The molecule has 0 unspecified atom stereocenters. The van der Waals surface area contributed by atoms with E-state index in [1.807, 2.05) is 30.1 Å². The van der Waals surface area contributed by atoms with Gasteiger partial charge in [-0.25, -0.2) is 9.97 Å². The van der Waals surface area contributed by atoms with Gasteiger partial charge in [0.05, 0.1) is 43.0 Å². The van der Waals surface area contributed by atoms with Crippen molar-refractivity contribution in [2.24, 2.45) is 0 Å². The lowest BCUT2D eigenvalue weighted by Gasteiger charge is -2.21. The van der Waals surface area contributed by atoms with Crippen molar-refractivity contribution in [3.63, 3.8) is 0 Å². The van der Waals surface area contributed by atoms with Crippen LogP contribution in [0.4, 0.5) is 17.2 Å². The lowest BCUT2D eigenvalue weighted by molar-refractivity contribution is -0.117. The molecule has 2 N–H and O–H groups in total. The fourth-order valence-corrected chi connectivity index (χ4v) is 4.52. The number of aliphatic hydroxyl groups is 1. The predicted molar refractivity (Wildman–Crippen MR) is 157 cm³/mol. The van der Waals surface area contributed by atoms with Crippen molar-refractivity contribution in [1.29, 1.82) is 0 Å². The van der Waals surface area contributed by atoms with Gasteiger partial charge < -0.3 is 24.8 Å². The first kappa shape index (κ1) is 30.7. The van der Waals surface area contributed by atoms with E-state index in [4.69, 9.17) is 32.7 Å². The summed E-state index contributed by atoms with van der Waals surface area (Å²) in [5.74, 6) is 0.367. The average Bonchev–Trinajstić information content (AvgIpc) is 2.96. The van der Waals surface area contributed by atoms with Crippen LogP contribution in [0, 0.1) is 0 Å². The lowest BCUT2D eigenvalue weighted by Crippen LogP contribution is -2.29. The largest absolute Gasteiger partial charge is 0.495 e. The first-order chi connectivity index (χ1) is 19.1. The summed E-state index contributed by atoms with van der Waals surface area (Å²) < 4.78 is 10.6. The number of halogens is 2. The van der Waals surface area contributed by atoms with Crippen LogP contribution in [0.25, 0.3) is 0 Å². The first-order valence-electron chi connectivity index (χ1n) is 12.2. The van der Waals surface area contributed by atoms with Crippen LogP contribution in [0.5, 0.6) is 11.5 Å². The molecular weight excluding hydrogens is 557 g/mol. The molecular formula is C28H31Cl2N5O5. The highest BCUT2D eigenvalue weighted by molar-refractivity contribution is 6.38. The molecule has 0 fully saturated rings. The van der Waals surface area contributed by atoms with Gasteiger partial charge in [-0.2, -0.15) is 0 Å². The summed E-state index contributed by atoms with van der Waals surface area (Å²) in [5.41, 5.74) is 3.18. The summed E-state index contributed by atoms with van der Waals surface area (Å²) in [5, 5.41) is 12.6. The molecule has 2 aromatic carbocycles. The van der Waals surface area contributed by atoms with Crippen LogP contribution in [0.2, 0.25) is 10.0 Å². The van der Waals surface area contributed by atoms with E-state index in [0.717, 1.165) is 11.3 Å². The molecule has 3 aromatic rings. The smallest absolute Gasteiger partial charge is 0.247 e. The third kappa shape index (κ3) is 7.20. The summed E-state index contributed by atoms with van der Waals surface area (Å²) >= 11 is 12.9. The second-order valence-electron chi connectivity index (χ2n) is 8.74. The van der Waals surface area contributed by atoms with Crippen LogP contribution in [0.15, 0.2) is 49.3 Å². The van der Waals surface area contributed by atoms with Crippen molar-refractivity contribution in [2.75, 3.05) is 56.6 Å². The molecule has 0 bridgehead atoms. The normalized spacial score (nSPS) is 10.6. The van der Waals surface area contributed by atoms with Crippen LogP contribution in [0.1, 0.15) is 16.8 Å². The number of nitrogens with zero attached hydrogens (tertiary/aromatic N) is 4. The molecule has 0 spiro atoms. The van der Waals surface area contributed by atoms with Crippen molar-refractivity contribution in [2.45, 2.75) is 12.8 Å². The molecule has 2 amide bonds. The third-order valence-corrected chi connectivity index (χ3v) is 7.03. The Morgan fingerprint density at radius 2 is 1.75 bits per heavy atom. The number of ether oxygens (including phenoxy) is 2. The summed E-state index contributed by atoms with van der Waals surface area (Å²) in [4.78, 5) is 37.2. The van der Waals surface area contributed by atoms with E-state index < -0.39 is 0 Å². The van der Waals surface area contributed by atoms with E-state index in [0.29, 0.717) is 47.2 Å². The van der Waals surface area contributed by atoms with Crippen molar-refractivity contribution < 1.29 is 24.2 Å². The predicted octanol–water partition coefficient (Wildman–Crippen LogP) is 4.15. The van der Waals surface area contributed by atoms with Gasteiger partial charge in [0, 0.05) is 56.1 Å². The summed E-state index contributed by atoms with van der Waals surface area (Å²) in [6.45, 7) is 3.95. The number of hydrogen-bond donors (Lipinski definition) is 2. The maximum atomic E-state index is 13.2. The Labute approximate surface area is 243 Å².